The van der Waals surface area contributed by atoms with Crippen LogP contribution in [0.1, 0.15) is 41.0 Å². The van der Waals surface area contributed by atoms with E-state index in [2.05, 4.69) is 43.9 Å². The van der Waals surface area contributed by atoms with Gasteiger partial charge in [0.05, 0.1) is 27.3 Å². The Labute approximate surface area is 169 Å². The average Bonchev–Trinajstić information content (AvgIpc) is 3.13. The summed E-state index contributed by atoms with van der Waals surface area (Å²) in [6, 6.07) is 7.99. The van der Waals surface area contributed by atoms with Crippen molar-refractivity contribution in [3.05, 3.63) is 59.0 Å². The van der Waals surface area contributed by atoms with E-state index in [1.54, 1.807) is 28.2 Å². The lowest BCUT2D eigenvalue weighted by molar-refractivity contribution is -0.122. The maximum atomic E-state index is 12.3. The number of hydrogen-bond acceptors (Lipinski definition) is 6. The molecule has 4 aromatic rings. The van der Waals surface area contributed by atoms with Crippen LogP contribution in [0.5, 0.6) is 0 Å². The number of hydrogen-bond donors (Lipinski definition) is 2. The van der Waals surface area contributed by atoms with Crippen molar-refractivity contribution in [2.75, 3.05) is 6.54 Å². The molecule has 6 rings (SSSR count). The first-order valence-electron chi connectivity index (χ1n) is 9.43. The molecular formula is C20H16N6O2S. The number of benzene rings is 1. The molecule has 2 fully saturated rings. The van der Waals surface area contributed by atoms with Gasteiger partial charge in [-0.25, -0.2) is 19.3 Å². The Hall–Kier alpha value is -3.33. The van der Waals surface area contributed by atoms with Crippen molar-refractivity contribution in [1.82, 2.24) is 30.2 Å². The SMILES string of the molecule is O=C1NCC(c2cc([C@H]3C[C@@H]3c3ccc4ncsc4c3)c3nccn3n2)C(=O)N1. The molecule has 0 bridgehead atoms. The van der Waals surface area contributed by atoms with Crippen LogP contribution in [0.3, 0.4) is 0 Å². The summed E-state index contributed by atoms with van der Waals surface area (Å²) in [6.07, 6.45) is 4.55. The molecule has 2 aliphatic rings. The Morgan fingerprint density at radius 3 is 2.97 bits per heavy atom. The number of thiazole rings is 1. The van der Waals surface area contributed by atoms with E-state index in [0.29, 0.717) is 17.5 Å². The third-order valence-corrected chi connectivity index (χ3v) is 6.55. The predicted octanol–water partition coefficient (Wildman–Crippen LogP) is 2.53. The molecule has 1 unspecified atom stereocenters. The number of imide groups is 1. The molecule has 3 aromatic heterocycles. The minimum absolute atomic E-state index is 0.244. The molecule has 2 N–H and O–H groups in total. The predicted molar refractivity (Wildman–Crippen MR) is 107 cm³/mol. The fraction of sp³-hybridized carbons (Fsp3) is 0.250. The Morgan fingerprint density at radius 2 is 2.07 bits per heavy atom. The van der Waals surface area contributed by atoms with Gasteiger partial charge in [0.15, 0.2) is 5.65 Å². The van der Waals surface area contributed by atoms with Crippen molar-refractivity contribution in [2.24, 2.45) is 0 Å². The number of carbonyl (C=O) groups excluding carboxylic acids is 2. The van der Waals surface area contributed by atoms with Crippen molar-refractivity contribution >= 4 is 39.1 Å². The summed E-state index contributed by atoms with van der Waals surface area (Å²) in [4.78, 5) is 32.6. The molecule has 144 valence electrons. The maximum absolute atomic E-state index is 12.3. The first kappa shape index (κ1) is 16.6. The second kappa shape index (κ2) is 6.08. The third kappa shape index (κ3) is 2.69. The molecule has 0 radical (unpaired) electrons. The smallest absolute Gasteiger partial charge is 0.321 e. The van der Waals surface area contributed by atoms with Gasteiger partial charge < -0.3 is 5.32 Å². The van der Waals surface area contributed by atoms with Gasteiger partial charge in [-0.2, -0.15) is 5.10 Å². The Balaban J connectivity index is 1.37. The average molecular weight is 404 g/mol. The van der Waals surface area contributed by atoms with Gasteiger partial charge in [-0.3, -0.25) is 10.1 Å². The summed E-state index contributed by atoms with van der Waals surface area (Å²) in [5.74, 6) is -0.0935. The normalized spacial score (nSPS) is 23.9. The zero-order valence-electron chi connectivity index (χ0n) is 15.2. The zero-order valence-corrected chi connectivity index (χ0v) is 16.0. The van der Waals surface area contributed by atoms with E-state index in [4.69, 9.17) is 0 Å². The van der Waals surface area contributed by atoms with Crippen molar-refractivity contribution in [1.29, 1.82) is 0 Å². The van der Waals surface area contributed by atoms with Crippen LogP contribution in [0.25, 0.3) is 15.9 Å². The van der Waals surface area contributed by atoms with Crippen LogP contribution in [0.15, 0.2) is 42.2 Å². The molecule has 4 heterocycles. The molecule has 1 aliphatic heterocycles. The van der Waals surface area contributed by atoms with E-state index in [0.717, 1.165) is 23.1 Å². The van der Waals surface area contributed by atoms with Crippen molar-refractivity contribution in [3.8, 4) is 0 Å². The van der Waals surface area contributed by atoms with Crippen molar-refractivity contribution in [3.63, 3.8) is 0 Å². The second-order valence-electron chi connectivity index (χ2n) is 7.50. The molecule has 1 saturated carbocycles. The molecule has 1 saturated heterocycles. The summed E-state index contributed by atoms with van der Waals surface area (Å²) in [5, 5.41) is 9.57. The van der Waals surface area contributed by atoms with Crippen LogP contribution >= 0.6 is 11.3 Å². The van der Waals surface area contributed by atoms with Gasteiger partial charge in [0.1, 0.15) is 0 Å². The van der Waals surface area contributed by atoms with E-state index >= 15 is 0 Å². The largest absolute Gasteiger partial charge is 0.337 e. The number of imidazole rings is 1. The molecule has 9 heteroatoms. The third-order valence-electron chi connectivity index (χ3n) is 5.76. The Kier molecular flexibility index (Phi) is 3.48. The maximum Gasteiger partial charge on any atom is 0.321 e. The van der Waals surface area contributed by atoms with Crippen LogP contribution < -0.4 is 10.6 Å². The van der Waals surface area contributed by atoms with Gasteiger partial charge in [0, 0.05) is 24.5 Å². The first-order chi connectivity index (χ1) is 14.2. The standard InChI is InChI=1S/C20H16N6O2S/c27-19-14(8-22-20(28)24-19)16-7-13(18-21-3-4-26(18)25-16)12-6-11(12)10-1-2-15-17(5-10)29-9-23-15/h1-5,7,9,11-12,14H,6,8H2,(H2,22,24,27,28)/t11-,12+,14?/m1/s1. The number of carbonyl (C=O) groups is 2. The van der Waals surface area contributed by atoms with Crippen LogP contribution in [0.4, 0.5) is 4.79 Å². The number of rotatable bonds is 3. The van der Waals surface area contributed by atoms with Crippen LogP contribution in [0, 0.1) is 0 Å². The fourth-order valence-electron chi connectivity index (χ4n) is 4.18. The number of nitrogens with zero attached hydrogens (tertiary/aromatic N) is 4. The molecule has 8 nitrogen and oxygen atoms in total. The summed E-state index contributed by atoms with van der Waals surface area (Å²) in [5.41, 5.74) is 6.77. The molecule has 3 amide bonds. The molecule has 1 aliphatic carbocycles. The Morgan fingerprint density at radius 1 is 1.14 bits per heavy atom. The number of amides is 3. The van der Waals surface area contributed by atoms with Gasteiger partial charge in [-0.05, 0) is 42.0 Å². The van der Waals surface area contributed by atoms with E-state index in [-0.39, 0.29) is 12.5 Å². The topological polar surface area (TPSA) is 101 Å². The van der Waals surface area contributed by atoms with Gasteiger partial charge in [-0.15, -0.1) is 11.3 Å². The lowest BCUT2D eigenvalue weighted by atomic mass is 9.99. The van der Waals surface area contributed by atoms with E-state index in [1.807, 2.05) is 11.6 Å². The quantitative estimate of drug-likeness (QED) is 0.546. The Bertz CT molecular complexity index is 1290. The lowest BCUT2D eigenvalue weighted by Crippen LogP contribution is -2.51. The summed E-state index contributed by atoms with van der Waals surface area (Å²) in [7, 11) is 0. The first-order valence-corrected chi connectivity index (χ1v) is 10.3. The highest BCUT2D eigenvalue weighted by Gasteiger charge is 2.42. The highest BCUT2D eigenvalue weighted by Crippen LogP contribution is 2.56. The number of nitrogens with one attached hydrogen (secondary N) is 2. The van der Waals surface area contributed by atoms with E-state index in [1.165, 1.54) is 10.3 Å². The van der Waals surface area contributed by atoms with Gasteiger partial charge in [0.25, 0.3) is 0 Å². The lowest BCUT2D eigenvalue weighted by Gasteiger charge is -2.22. The number of urea groups is 1. The van der Waals surface area contributed by atoms with Gasteiger partial charge in [0.2, 0.25) is 5.91 Å². The van der Waals surface area contributed by atoms with Crippen LogP contribution in [-0.2, 0) is 4.79 Å². The summed E-state index contributed by atoms with van der Waals surface area (Å²) in [6.45, 7) is 0.244. The molecule has 3 atom stereocenters. The van der Waals surface area contributed by atoms with Crippen LogP contribution in [0.2, 0.25) is 0 Å². The highest BCUT2D eigenvalue weighted by atomic mass is 32.1. The van der Waals surface area contributed by atoms with E-state index in [9.17, 15) is 9.59 Å². The van der Waals surface area contributed by atoms with Gasteiger partial charge >= 0.3 is 6.03 Å². The fourth-order valence-corrected chi connectivity index (χ4v) is 4.91. The minimum Gasteiger partial charge on any atom is -0.337 e. The van der Waals surface area contributed by atoms with Crippen LogP contribution in [-0.4, -0.2) is 38.1 Å². The zero-order chi connectivity index (χ0) is 19.5. The minimum atomic E-state index is -0.510. The van der Waals surface area contributed by atoms with E-state index < -0.39 is 11.9 Å². The molecular weight excluding hydrogens is 388 g/mol. The monoisotopic (exact) mass is 404 g/mol. The number of fused-ring (bicyclic) bond motifs is 2. The second-order valence-corrected chi connectivity index (χ2v) is 8.39. The highest BCUT2D eigenvalue weighted by molar-refractivity contribution is 7.16. The summed E-state index contributed by atoms with van der Waals surface area (Å²) >= 11 is 1.65. The number of aromatic nitrogens is 4. The summed E-state index contributed by atoms with van der Waals surface area (Å²) < 4.78 is 2.93. The van der Waals surface area contributed by atoms with Crippen molar-refractivity contribution in [2.45, 2.75) is 24.2 Å². The molecule has 29 heavy (non-hydrogen) atoms. The van der Waals surface area contributed by atoms with Crippen molar-refractivity contribution < 1.29 is 9.59 Å². The molecule has 0 spiro atoms. The van der Waals surface area contributed by atoms with Gasteiger partial charge in [-0.1, -0.05) is 6.07 Å². The molecule has 1 aromatic carbocycles.